The summed E-state index contributed by atoms with van der Waals surface area (Å²) in [6.07, 6.45) is 0. The van der Waals surface area contributed by atoms with Crippen LogP contribution in [0.4, 0.5) is 17.1 Å². The highest BCUT2D eigenvalue weighted by atomic mass is 127. The van der Waals surface area contributed by atoms with Gasteiger partial charge in [-0.2, -0.15) is 0 Å². The number of piperazine rings is 1. The van der Waals surface area contributed by atoms with Gasteiger partial charge in [0.25, 0.3) is 5.91 Å². The molecule has 0 unspecified atom stereocenters. The van der Waals surface area contributed by atoms with Crippen molar-refractivity contribution in [2.24, 2.45) is 0 Å². The van der Waals surface area contributed by atoms with Gasteiger partial charge in [-0.15, -0.1) is 0 Å². The molecule has 1 amide bonds. The Bertz CT molecular complexity index is 742. The van der Waals surface area contributed by atoms with Crippen LogP contribution in [0.25, 0.3) is 0 Å². The Morgan fingerprint density at radius 2 is 1.88 bits per heavy atom. The molecule has 6 heteroatoms. The predicted molar refractivity (Wildman–Crippen MR) is 108 cm³/mol. The summed E-state index contributed by atoms with van der Waals surface area (Å²) in [6.45, 7) is 4.00. The Morgan fingerprint density at radius 1 is 1.12 bits per heavy atom. The molecular weight excluding hydrogens is 415 g/mol. The highest BCUT2D eigenvalue weighted by Gasteiger charge is 2.16. The van der Waals surface area contributed by atoms with Gasteiger partial charge in [0.1, 0.15) is 0 Å². The van der Waals surface area contributed by atoms with Gasteiger partial charge in [-0.1, -0.05) is 6.07 Å². The molecule has 1 aliphatic heterocycles. The van der Waals surface area contributed by atoms with E-state index in [1.54, 1.807) is 6.07 Å². The molecule has 0 aromatic heterocycles. The van der Waals surface area contributed by atoms with E-state index in [9.17, 15) is 4.79 Å². The lowest BCUT2D eigenvalue weighted by atomic mass is 10.1. The highest BCUT2D eigenvalue weighted by Crippen LogP contribution is 2.27. The van der Waals surface area contributed by atoms with E-state index in [1.807, 2.05) is 36.4 Å². The molecule has 24 heavy (non-hydrogen) atoms. The number of benzene rings is 2. The summed E-state index contributed by atoms with van der Waals surface area (Å²) in [6, 6.07) is 13.2. The highest BCUT2D eigenvalue weighted by molar-refractivity contribution is 14.1. The number of hydrogen-bond acceptors (Lipinski definition) is 4. The molecule has 1 fully saturated rings. The fourth-order valence-electron chi connectivity index (χ4n) is 2.80. The summed E-state index contributed by atoms with van der Waals surface area (Å²) < 4.78 is 1.03. The number of nitrogens with one attached hydrogen (secondary N) is 1. The first-order chi connectivity index (χ1) is 11.5. The number of rotatable bonds is 3. The number of halogens is 1. The van der Waals surface area contributed by atoms with Crippen LogP contribution in [0.3, 0.4) is 0 Å². The minimum Gasteiger partial charge on any atom is -0.397 e. The standard InChI is InChI=1S/C18H21IN4O/c1-22-7-9-23(10-8-22)17-6-5-15(12-16(17)20)21-18(24)13-3-2-4-14(19)11-13/h2-6,11-12H,7-10,20H2,1H3,(H,21,24). The van der Waals surface area contributed by atoms with E-state index >= 15 is 0 Å². The van der Waals surface area contributed by atoms with Gasteiger partial charge in [0.05, 0.1) is 11.4 Å². The lowest BCUT2D eigenvalue weighted by Crippen LogP contribution is -2.44. The SMILES string of the molecule is CN1CCN(c2ccc(NC(=O)c3cccc(I)c3)cc2N)CC1. The van der Waals surface area contributed by atoms with Gasteiger partial charge in [0.15, 0.2) is 0 Å². The molecule has 3 rings (SSSR count). The molecular formula is C18H21IN4O. The van der Waals surface area contributed by atoms with Crippen molar-refractivity contribution in [1.82, 2.24) is 4.90 Å². The lowest BCUT2D eigenvalue weighted by molar-refractivity contribution is 0.102. The Morgan fingerprint density at radius 3 is 2.54 bits per heavy atom. The largest absolute Gasteiger partial charge is 0.397 e. The van der Waals surface area contributed by atoms with Gasteiger partial charge in [0, 0.05) is 41.0 Å². The summed E-state index contributed by atoms with van der Waals surface area (Å²) in [5.74, 6) is -0.125. The summed E-state index contributed by atoms with van der Waals surface area (Å²) in [4.78, 5) is 16.9. The van der Waals surface area contributed by atoms with Gasteiger partial charge in [-0.05, 0) is 66.0 Å². The van der Waals surface area contributed by atoms with E-state index in [4.69, 9.17) is 5.73 Å². The molecule has 5 nitrogen and oxygen atoms in total. The first-order valence-electron chi connectivity index (χ1n) is 7.93. The number of hydrogen-bond donors (Lipinski definition) is 2. The number of nitrogens with two attached hydrogens (primary N) is 1. The van der Waals surface area contributed by atoms with Crippen molar-refractivity contribution < 1.29 is 4.79 Å². The summed E-state index contributed by atoms with van der Waals surface area (Å²) >= 11 is 2.20. The van der Waals surface area contributed by atoms with Crippen LogP contribution in [-0.2, 0) is 0 Å². The van der Waals surface area contributed by atoms with E-state index in [1.165, 1.54) is 0 Å². The first kappa shape index (κ1) is 17.0. The zero-order chi connectivity index (χ0) is 17.1. The maximum absolute atomic E-state index is 12.3. The molecule has 2 aromatic carbocycles. The van der Waals surface area contributed by atoms with Crippen LogP contribution < -0.4 is 16.0 Å². The Kier molecular flexibility index (Phi) is 5.25. The van der Waals surface area contributed by atoms with Crippen LogP contribution in [0.5, 0.6) is 0 Å². The van der Waals surface area contributed by atoms with E-state index in [2.05, 4.69) is 44.8 Å². The average molecular weight is 436 g/mol. The van der Waals surface area contributed by atoms with Crippen molar-refractivity contribution >= 4 is 45.6 Å². The minimum absolute atomic E-state index is 0.125. The predicted octanol–water partition coefficient (Wildman–Crippen LogP) is 2.88. The summed E-state index contributed by atoms with van der Waals surface area (Å²) in [5.41, 5.74) is 9.31. The van der Waals surface area contributed by atoms with Gasteiger partial charge in [0.2, 0.25) is 0 Å². The Hall–Kier alpha value is -1.80. The van der Waals surface area contributed by atoms with E-state index in [0.717, 1.165) is 35.4 Å². The second-order valence-corrected chi connectivity index (χ2v) is 7.27. The number of nitrogen functional groups attached to an aromatic ring is 1. The minimum atomic E-state index is -0.125. The van der Waals surface area contributed by atoms with E-state index in [-0.39, 0.29) is 5.91 Å². The average Bonchev–Trinajstić information content (AvgIpc) is 2.56. The molecule has 1 saturated heterocycles. The topological polar surface area (TPSA) is 61.6 Å². The Balaban J connectivity index is 1.71. The second kappa shape index (κ2) is 7.40. The van der Waals surface area contributed by atoms with Crippen LogP contribution in [-0.4, -0.2) is 44.0 Å². The van der Waals surface area contributed by atoms with Gasteiger partial charge < -0.3 is 20.9 Å². The fraction of sp³-hybridized carbons (Fsp3) is 0.278. The summed E-state index contributed by atoms with van der Waals surface area (Å²) in [7, 11) is 2.13. The molecule has 0 bridgehead atoms. The number of carbonyl (C=O) groups excluding carboxylic acids is 1. The van der Waals surface area contributed by atoms with Crippen LogP contribution in [0.2, 0.25) is 0 Å². The molecule has 1 aliphatic rings. The van der Waals surface area contributed by atoms with Gasteiger partial charge >= 0.3 is 0 Å². The van der Waals surface area contributed by atoms with Crippen molar-refractivity contribution in [3.05, 3.63) is 51.6 Å². The van der Waals surface area contributed by atoms with Gasteiger partial charge in [-0.25, -0.2) is 0 Å². The first-order valence-corrected chi connectivity index (χ1v) is 9.01. The van der Waals surface area contributed by atoms with Crippen LogP contribution in [0, 0.1) is 3.57 Å². The molecule has 0 spiro atoms. The maximum Gasteiger partial charge on any atom is 0.255 e. The van der Waals surface area contributed by atoms with Crippen molar-refractivity contribution in [3.8, 4) is 0 Å². The molecule has 126 valence electrons. The maximum atomic E-state index is 12.3. The lowest BCUT2D eigenvalue weighted by Gasteiger charge is -2.34. The third-order valence-corrected chi connectivity index (χ3v) is 4.89. The van der Waals surface area contributed by atoms with Crippen molar-refractivity contribution in [2.45, 2.75) is 0 Å². The molecule has 0 saturated carbocycles. The van der Waals surface area contributed by atoms with Crippen molar-refractivity contribution in [2.75, 3.05) is 49.2 Å². The number of nitrogens with zero attached hydrogens (tertiary/aromatic N) is 2. The van der Waals surface area contributed by atoms with Gasteiger partial charge in [-0.3, -0.25) is 4.79 Å². The van der Waals surface area contributed by atoms with E-state index in [0.29, 0.717) is 16.9 Å². The third-order valence-electron chi connectivity index (χ3n) is 4.22. The zero-order valence-corrected chi connectivity index (χ0v) is 15.8. The number of likely N-dealkylation sites (N-methyl/N-ethyl adjacent to an activating group) is 1. The normalized spacial score (nSPS) is 15.3. The number of carbonyl (C=O) groups is 1. The third kappa shape index (κ3) is 3.99. The molecule has 1 heterocycles. The molecule has 3 N–H and O–H groups in total. The number of anilines is 3. The van der Waals surface area contributed by atoms with Crippen LogP contribution in [0.1, 0.15) is 10.4 Å². The number of amides is 1. The van der Waals surface area contributed by atoms with Crippen LogP contribution >= 0.6 is 22.6 Å². The van der Waals surface area contributed by atoms with Crippen molar-refractivity contribution in [1.29, 1.82) is 0 Å². The van der Waals surface area contributed by atoms with Crippen LogP contribution in [0.15, 0.2) is 42.5 Å². The fourth-order valence-corrected chi connectivity index (χ4v) is 3.34. The second-order valence-electron chi connectivity index (χ2n) is 6.03. The molecule has 0 atom stereocenters. The molecule has 0 aliphatic carbocycles. The monoisotopic (exact) mass is 436 g/mol. The van der Waals surface area contributed by atoms with Crippen molar-refractivity contribution in [3.63, 3.8) is 0 Å². The molecule has 0 radical (unpaired) electrons. The molecule has 2 aromatic rings. The Labute approximate surface area is 156 Å². The zero-order valence-electron chi connectivity index (χ0n) is 13.6. The summed E-state index contributed by atoms with van der Waals surface area (Å²) in [5, 5.41) is 2.91. The van der Waals surface area contributed by atoms with E-state index < -0.39 is 0 Å². The quantitative estimate of drug-likeness (QED) is 0.574. The smallest absolute Gasteiger partial charge is 0.255 e.